The normalized spacial score (nSPS) is 22.1. The van der Waals surface area contributed by atoms with Crippen LogP contribution >= 0.6 is 0 Å². The van der Waals surface area contributed by atoms with E-state index in [0.717, 1.165) is 12.1 Å². The van der Waals surface area contributed by atoms with E-state index in [4.69, 9.17) is 4.74 Å². The summed E-state index contributed by atoms with van der Waals surface area (Å²) in [5.41, 5.74) is 1.82. The minimum absolute atomic E-state index is 0.00707. The highest BCUT2D eigenvalue weighted by Gasteiger charge is 2.28. The second-order valence-electron chi connectivity index (χ2n) is 4.76. The largest absolute Gasteiger partial charge is 0.378 e. The summed E-state index contributed by atoms with van der Waals surface area (Å²) in [5.74, 6) is -0.223. The van der Waals surface area contributed by atoms with E-state index in [-0.39, 0.29) is 18.1 Å². The van der Waals surface area contributed by atoms with Crippen molar-refractivity contribution in [2.75, 3.05) is 20.2 Å². The summed E-state index contributed by atoms with van der Waals surface area (Å²) in [4.78, 5) is 20.8. The molecule has 6 heteroatoms. The van der Waals surface area contributed by atoms with Crippen LogP contribution in [0.3, 0.4) is 0 Å². The van der Waals surface area contributed by atoms with Crippen LogP contribution in [0.2, 0.25) is 0 Å². The molecule has 1 aliphatic rings. The van der Waals surface area contributed by atoms with Crippen LogP contribution in [0.1, 0.15) is 10.5 Å². The highest BCUT2D eigenvalue weighted by atomic mass is 16.5. The van der Waals surface area contributed by atoms with Gasteiger partial charge in [0.15, 0.2) is 0 Å². The number of fused-ring (bicyclic) bond motifs is 1. The molecule has 1 amide bonds. The van der Waals surface area contributed by atoms with Crippen molar-refractivity contribution in [3.05, 3.63) is 36.2 Å². The van der Waals surface area contributed by atoms with Crippen molar-refractivity contribution in [1.82, 2.24) is 20.6 Å². The number of ether oxygens (including phenoxy) is 1. The maximum atomic E-state index is 12.2. The number of methoxy groups -OCH3 is 1. The third-order valence-corrected chi connectivity index (χ3v) is 3.46. The van der Waals surface area contributed by atoms with E-state index >= 15 is 0 Å². The van der Waals surface area contributed by atoms with E-state index in [1.165, 1.54) is 6.20 Å². The van der Waals surface area contributed by atoms with Crippen LogP contribution in [0.4, 0.5) is 0 Å². The van der Waals surface area contributed by atoms with E-state index in [9.17, 15) is 4.79 Å². The number of carbonyl (C=O) groups excluding carboxylic acids is 1. The van der Waals surface area contributed by atoms with Gasteiger partial charge < -0.3 is 15.4 Å². The molecular weight excluding hydrogens is 256 g/mol. The molecule has 1 aliphatic heterocycles. The van der Waals surface area contributed by atoms with Crippen molar-refractivity contribution in [3.63, 3.8) is 0 Å². The molecule has 0 aliphatic carbocycles. The van der Waals surface area contributed by atoms with Crippen molar-refractivity contribution in [2.24, 2.45) is 0 Å². The Labute approximate surface area is 116 Å². The zero-order valence-electron chi connectivity index (χ0n) is 11.2. The fourth-order valence-electron chi connectivity index (χ4n) is 2.36. The second kappa shape index (κ2) is 5.52. The molecule has 6 nitrogen and oxygen atoms in total. The quantitative estimate of drug-likeness (QED) is 0.843. The lowest BCUT2D eigenvalue weighted by atomic mass is 10.2. The third kappa shape index (κ3) is 2.48. The Bertz CT molecular complexity index is 631. The number of para-hydroxylation sites is 2. The standard InChI is InChI=1S/C14H16N4O2/c1-20-13-8-15-6-11(13)18-14(19)12-7-16-9-4-2-3-5-10(9)17-12/h2-5,7,11,13,15H,6,8H2,1H3,(H,18,19)/t11?,13-/m0/s1. The number of hydrogen-bond donors (Lipinski definition) is 2. The van der Waals surface area contributed by atoms with E-state index in [2.05, 4.69) is 20.6 Å². The first-order valence-corrected chi connectivity index (χ1v) is 6.54. The summed E-state index contributed by atoms with van der Waals surface area (Å²) in [6.45, 7) is 1.44. The highest BCUT2D eigenvalue weighted by Crippen LogP contribution is 2.09. The highest BCUT2D eigenvalue weighted by molar-refractivity contribution is 5.94. The molecule has 0 radical (unpaired) electrons. The molecule has 2 atom stereocenters. The number of benzene rings is 1. The molecule has 3 rings (SSSR count). The molecule has 20 heavy (non-hydrogen) atoms. The molecule has 0 spiro atoms. The summed E-state index contributed by atoms with van der Waals surface area (Å²) >= 11 is 0. The zero-order valence-corrected chi connectivity index (χ0v) is 11.2. The Morgan fingerprint density at radius 3 is 2.95 bits per heavy atom. The smallest absolute Gasteiger partial charge is 0.271 e. The number of aromatic nitrogens is 2. The van der Waals surface area contributed by atoms with Gasteiger partial charge in [0.25, 0.3) is 5.91 Å². The SMILES string of the molecule is CO[C@H]1CNCC1NC(=O)c1cnc2ccccc2n1. The Balaban J connectivity index is 1.78. The topological polar surface area (TPSA) is 76.1 Å². The number of amides is 1. The van der Waals surface area contributed by atoms with Crippen LogP contribution in [-0.4, -0.2) is 48.2 Å². The molecule has 1 unspecified atom stereocenters. The maximum Gasteiger partial charge on any atom is 0.271 e. The lowest BCUT2D eigenvalue weighted by molar-refractivity contribution is 0.0776. The molecule has 1 aromatic carbocycles. The Kier molecular flexibility index (Phi) is 3.58. The lowest BCUT2D eigenvalue weighted by Crippen LogP contribution is -2.43. The van der Waals surface area contributed by atoms with Gasteiger partial charge in [0.2, 0.25) is 0 Å². The minimum Gasteiger partial charge on any atom is -0.378 e. The van der Waals surface area contributed by atoms with Crippen LogP contribution in [-0.2, 0) is 4.74 Å². The van der Waals surface area contributed by atoms with Gasteiger partial charge in [-0.1, -0.05) is 12.1 Å². The Morgan fingerprint density at radius 1 is 1.35 bits per heavy atom. The molecule has 2 heterocycles. The van der Waals surface area contributed by atoms with Crippen LogP contribution in [0.15, 0.2) is 30.5 Å². The van der Waals surface area contributed by atoms with Gasteiger partial charge in [-0.25, -0.2) is 4.98 Å². The predicted molar refractivity (Wildman–Crippen MR) is 74.5 cm³/mol. The fourth-order valence-corrected chi connectivity index (χ4v) is 2.36. The van der Waals surface area contributed by atoms with Crippen LogP contribution in [0, 0.1) is 0 Å². The second-order valence-corrected chi connectivity index (χ2v) is 4.76. The molecule has 2 aromatic rings. The number of hydrogen-bond acceptors (Lipinski definition) is 5. The molecule has 104 valence electrons. The summed E-state index contributed by atoms with van der Waals surface area (Å²) < 4.78 is 5.32. The van der Waals surface area contributed by atoms with E-state index < -0.39 is 0 Å². The van der Waals surface area contributed by atoms with E-state index in [0.29, 0.717) is 17.8 Å². The van der Waals surface area contributed by atoms with Gasteiger partial charge in [-0.3, -0.25) is 9.78 Å². The molecular formula is C14H16N4O2. The van der Waals surface area contributed by atoms with Crippen molar-refractivity contribution in [1.29, 1.82) is 0 Å². The molecule has 1 fully saturated rings. The number of nitrogens with zero attached hydrogens (tertiary/aromatic N) is 2. The Hall–Kier alpha value is -2.05. The van der Waals surface area contributed by atoms with Crippen molar-refractivity contribution in [2.45, 2.75) is 12.1 Å². The molecule has 1 aromatic heterocycles. The van der Waals surface area contributed by atoms with E-state index in [1.807, 2.05) is 24.3 Å². The molecule has 2 N–H and O–H groups in total. The first-order valence-electron chi connectivity index (χ1n) is 6.54. The van der Waals surface area contributed by atoms with Gasteiger partial charge in [-0.2, -0.15) is 0 Å². The average molecular weight is 272 g/mol. The zero-order chi connectivity index (χ0) is 13.9. The van der Waals surface area contributed by atoms with Crippen LogP contribution in [0.5, 0.6) is 0 Å². The summed E-state index contributed by atoms with van der Waals surface area (Å²) in [6.07, 6.45) is 1.49. The van der Waals surface area contributed by atoms with Gasteiger partial charge in [-0.15, -0.1) is 0 Å². The lowest BCUT2D eigenvalue weighted by Gasteiger charge is -2.18. The fraction of sp³-hybridized carbons (Fsp3) is 0.357. The third-order valence-electron chi connectivity index (χ3n) is 3.46. The van der Waals surface area contributed by atoms with Gasteiger partial charge >= 0.3 is 0 Å². The maximum absolute atomic E-state index is 12.2. The number of rotatable bonds is 3. The summed E-state index contributed by atoms with van der Waals surface area (Å²) in [6, 6.07) is 7.44. The van der Waals surface area contributed by atoms with Gasteiger partial charge in [-0.05, 0) is 12.1 Å². The molecule has 0 bridgehead atoms. The van der Waals surface area contributed by atoms with E-state index in [1.54, 1.807) is 7.11 Å². The Morgan fingerprint density at radius 2 is 2.15 bits per heavy atom. The van der Waals surface area contributed by atoms with Gasteiger partial charge in [0.1, 0.15) is 5.69 Å². The van der Waals surface area contributed by atoms with Gasteiger partial charge in [0.05, 0.1) is 29.4 Å². The van der Waals surface area contributed by atoms with Crippen molar-refractivity contribution in [3.8, 4) is 0 Å². The average Bonchev–Trinajstić information content (AvgIpc) is 2.94. The predicted octanol–water partition coefficient (Wildman–Crippen LogP) is 0.346. The number of carbonyl (C=O) groups is 1. The summed E-state index contributed by atoms with van der Waals surface area (Å²) in [7, 11) is 1.65. The van der Waals surface area contributed by atoms with Gasteiger partial charge in [0, 0.05) is 20.2 Å². The minimum atomic E-state index is -0.223. The molecule has 0 saturated carbocycles. The first-order chi connectivity index (χ1) is 9.78. The van der Waals surface area contributed by atoms with Crippen LogP contribution in [0.25, 0.3) is 11.0 Å². The van der Waals surface area contributed by atoms with Crippen molar-refractivity contribution >= 4 is 16.9 Å². The monoisotopic (exact) mass is 272 g/mol. The summed E-state index contributed by atoms with van der Waals surface area (Å²) in [5, 5.41) is 6.12. The van der Waals surface area contributed by atoms with Crippen molar-refractivity contribution < 1.29 is 9.53 Å². The first kappa shape index (κ1) is 13.0. The van der Waals surface area contributed by atoms with Crippen LogP contribution < -0.4 is 10.6 Å². The molecule has 1 saturated heterocycles. The number of nitrogens with one attached hydrogen (secondary N) is 2.